The highest BCUT2D eigenvalue weighted by Gasteiger charge is 2.21. The molecule has 3 heterocycles. The second kappa shape index (κ2) is 11.5. The van der Waals surface area contributed by atoms with E-state index in [2.05, 4.69) is 44.8 Å². The van der Waals surface area contributed by atoms with Crippen molar-refractivity contribution in [3.63, 3.8) is 0 Å². The van der Waals surface area contributed by atoms with Crippen LogP contribution in [0.5, 0.6) is 0 Å². The molecule has 2 aromatic heterocycles. The molecule has 0 atom stereocenters. The molecule has 0 spiro atoms. The van der Waals surface area contributed by atoms with Gasteiger partial charge >= 0.3 is 5.63 Å². The van der Waals surface area contributed by atoms with Gasteiger partial charge in [0.15, 0.2) is 5.13 Å². The van der Waals surface area contributed by atoms with Gasteiger partial charge in [-0.25, -0.2) is 9.78 Å². The van der Waals surface area contributed by atoms with E-state index in [0.717, 1.165) is 37.9 Å². The van der Waals surface area contributed by atoms with Crippen LogP contribution in [0.3, 0.4) is 0 Å². The number of nitrogens with zero attached hydrogens (tertiary/aromatic N) is 2. The van der Waals surface area contributed by atoms with Crippen LogP contribution in [0.1, 0.15) is 31.2 Å². The maximum Gasteiger partial charge on any atom is 0.345 e. The lowest BCUT2D eigenvalue weighted by Gasteiger charge is -2.32. The number of piperidine rings is 1. The van der Waals surface area contributed by atoms with E-state index in [0.29, 0.717) is 22.0 Å². The Labute approximate surface area is 218 Å². The molecule has 5 rings (SSSR count). The molecule has 2 aromatic carbocycles. The molecule has 1 aliphatic rings. The summed E-state index contributed by atoms with van der Waals surface area (Å²) >= 11 is 1.22. The zero-order valence-corrected chi connectivity index (χ0v) is 21.1. The number of likely N-dealkylation sites (tertiary alicyclic amines) is 1. The van der Waals surface area contributed by atoms with Gasteiger partial charge in [0.05, 0.1) is 11.3 Å². The van der Waals surface area contributed by atoms with Gasteiger partial charge in [0.25, 0.3) is 0 Å². The zero-order valence-electron chi connectivity index (χ0n) is 20.3. The molecule has 2 N–H and O–H groups in total. The van der Waals surface area contributed by atoms with E-state index in [9.17, 15) is 14.4 Å². The van der Waals surface area contributed by atoms with Crippen molar-refractivity contribution in [1.29, 1.82) is 0 Å². The van der Waals surface area contributed by atoms with E-state index in [4.69, 9.17) is 4.42 Å². The van der Waals surface area contributed by atoms with E-state index in [1.807, 2.05) is 18.2 Å². The molecule has 9 heteroatoms. The maximum atomic E-state index is 12.4. The molecular weight excluding hydrogens is 488 g/mol. The summed E-state index contributed by atoms with van der Waals surface area (Å²) in [4.78, 5) is 43.9. The van der Waals surface area contributed by atoms with Gasteiger partial charge in [-0.3, -0.25) is 14.5 Å². The number of fused-ring (bicyclic) bond motifs is 1. The first-order valence-electron chi connectivity index (χ1n) is 12.4. The lowest BCUT2D eigenvalue weighted by molar-refractivity contribution is -0.125. The fourth-order valence-electron chi connectivity index (χ4n) is 4.48. The van der Waals surface area contributed by atoms with Crippen LogP contribution in [0.4, 0.5) is 5.13 Å². The van der Waals surface area contributed by atoms with Crippen LogP contribution in [0.15, 0.2) is 75.3 Å². The highest BCUT2D eigenvalue weighted by molar-refractivity contribution is 7.14. The van der Waals surface area contributed by atoms with Crippen LogP contribution in [0.2, 0.25) is 0 Å². The van der Waals surface area contributed by atoms with Gasteiger partial charge in [0, 0.05) is 49.3 Å². The van der Waals surface area contributed by atoms with Gasteiger partial charge in [-0.05, 0) is 30.5 Å². The monoisotopic (exact) mass is 516 g/mol. The summed E-state index contributed by atoms with van der Waals surface area (Å²) in [5.74, 6) is -0.412. The molecule has 0 bridgehead atoms. The highest BCUT2D eigenvalue weighted by Crippen LogP contribution is 2.25. The summed E-state index contributed by atoms with van der Waals surface area (Å²) in [6, 6.07) is 19.5. The Morgan fingerprint density at radius 1 is 1.00 bits per heavy atom. The molecule has 0 radical (unpaired) electrons. The topological polar surface area (TPSA) is 105 Å². The summed E-state index contributed by atoms with van der Waals surface area (Å²) in [6.45, 7) is 2.79. The Hall–Kier alpha value is -3.82. The lowest BCUT2D eigenvalue weighted by Crippen LogP contribution is -2.44. The third-order valence-corrected chi connectivity index (χ3v) is 7.21. The van der Waals surface area contributed by atoms with Crippen molar-refractivity contribution < 1.29 is 14.0 Å². The summed E-state index contributed by atoms with van der Waals surface area (Å²) in [7, 11) is 0. The number of hydrogen-bond donors (Lipinski definition) is 2. The van der Waals surface area contributed by atoms with E-state index >= 15 is 0 Å². The number of rotatable bonds is 8. The smallest absolute Gasteiger partial charge is 0.345 e. The molecule has 0 aliphatic carbocycles. The van der Waals surface area contributed by atoms with Crippen molar-refractivity contribution in [3.8, 4) is 11.3 Å². The minimum atomic E-state index is -0.482. The number of amides is 2. The van der Waals surface area contributed by atoms with E-state index in [1.54, 1.807) is 23.6 Å². The number of anilines is 1. The molecule has 190 valence electrons. The van der Waals surface area contributed by atoms with Crippen LogP contribution < -0.4 is 16.3 Å². The molecule has 1 fully saturated rings. The number of nitrogens with one attached hydrogen (secondary N) is 2. The number of carbonyl (C=O) groups is 2. The zero-order chi connectivity index (χ0) is 25.6. The van der Waals surface area contributed by atoms with Gasteiger partial charge in [0.2, 0.25) is 11.8 Å². The van der Waals surface area contributed by atoms with Gasteiger partial charge in [-0.1, -0.05) is 48.5 Å². The molecule has 8 nitrogen and oxygen atoms in total. The second-order valence-corrected chi connectivity index (χ2v) is 10.0. The normalized spacial score (nSPS) is 14.5. The average molecular weight is 517 g/mol. The van der Waals surface area contributed by atoms with Crippen LogP contribution in [0.25, 0.3) is 22.2 Å². The molecule has 4 aromatic rings. The molecular formula is C28H28N4O4S. The average Bonchev–Trinajstić information content (AvgIpc) is 3.37. The number of hydrogen-bond acceptors (Lipinski definition) is 7. The Balaban J connectivity index is 1.06. The summed E-state index contributed by atoms with van der Waals surface area (Å²) in [5, 5.41) is 8.66. The largest absolute Gasteiger partial charge is 0.422 e. The number of thiazole rings is 1. The third-order valence-electron chi connectivity index (χ3n) is 6.45. The van der Waals surface area contributed by atoms with Crippen molar-refractivity contribution in [2.75, 3.05) is 18.4 Å². The van der Waals surface area contributed by atoms with Crippen LogP contribution >= 0.6 is 11.3 Å². The van der Waals surface area contributed by atoms with Crippen molar-refractivity contribution >= 4 is 39.3 Å². The SMILES string of the molecule is O=C(CCC(=O)NC1CCN(Cc2ccccc2)CC1)Nc1nc(-c2cc3ccccc3oc2=O)cs1. The Kier molecular flexibility index (Phi) is 7.72. The quantitative estimate of drug-likeness (QED) is 0.336. The van der Waals surface area contributed by atoms with E-state index < -0.39 is 5.63 Å². The standard InChI is InChI=1S/C28H28N4O4S/c33-25(29-21-12-14-32(15-13-21)17-19-6-2-1-3-7-19)10-11-26(34)31-28-30-23(18-37-28)22-16-20-8-4-5-9-24(20)36-27(22)35/h1-9,16,18,21H,10-15,17H2,(H,29,33)(H,30,31,34). The Bertz CT molecular complexity index is 1440. The number of aromatic nitrogens is 1. The number of para-hydroxylation sites is 1. The molecule has 0 unspecified atom stereocenters. The Morgan fingerprint density at radius 3 is 2.54 bits per heavy atom. The molecule has 37 heavy (non-hydrogen) atoms. The second-order valence-electron chi connectivity index (χ2n) is 9.17. The fourth-order valence-corrected chi connectivity index (χ4v) is 5.21. The van der Waals surface area contributed by atoms with Crippen molar-refractivity contribution in [2.24, 2.45) is 0 Å². The maximum absolute atomic E-state index is 12.4. The van der Waals surface area contributed by atoms with Crippen LogP contribution in [-0.2, 0) is 16.1 Å². The fraction of sp³-hybridized carbons (Fsp3) is 0.286. The highest BCUT2D eigenvalue weighted by atomic mass is 32.1. The van der Waals surface area contributed by atoms with Gasteiger partial charge in [0.1, 0.15) is 5.58 Å². The lowest BCUT2D eigenvalue weighted by atomic mass is 10.0. The first kappa shape index (κ1) is 24.9. The van der Waals surface area contributed by atoms with Gasteiger partial charge in [-0.15, -0.1) is 11.3 Å². The molecule has 1 aliphatic heterocycles. The van der Waals surface area contributed by atoms with Gasteiger partial charge < -0.3 is 15.1 Å². The first-order valence-corrected chi connectivity index (χ1v) is 13.3. The molecule has 1 saturated heterocycles. The predicted octanol–water partition coefficient (Wildman–Crippen LogP) is 4.42. The van der Waals surface area contributed by atoms with Gasteiger partial charge in [-0.2, -0.15) is 0 Å². The Morgan fingerprint density at radius 2 is 1.73 bits per heavy atom. The number of benzene rings is 2. The molecule has 0 saturated carbocycles. The van der Waals surface area contributed by atoms with Crippen molar-refractivity contribution in [3.05, 3.63) is 82.0 Å². The number of carbonyl (C=O) groups excluding carboxylic acids is 2. The van der Waals surface area contributed by atoms with Crippen molar-refractivity contribution in [2.45, 2.75) is 38.3 Å². The molecule has 2 amide bonds. The summed E-state index contributed by atoms with van der Waals surface area (Å²) in [5.41, 5.74) is 2.10. The van der Waals surface area contributed by atoms with E-state index in [-0.39, 0.29) is 30.7 Å². The summed E-state index contributed by atoms with van der Waals surface area (Å²) < 4.78 is 5.37. The van der Waals surface area contributed by atoms with Crippen molar-refractivity contribution in [1.82, 2.24) is 15.2 Å². The predicted molar refractivity (Wildman–Crippen MR) is 144 cm³/mol. The summed E-state index contributed by atoms with van der Waals surface area (Å²) in [6.07, 6.45) is 1.97. The van der Waals surface area contributed by atoms with Crippen LogP contribution in [-0.4, -0.2) is 40.8 Å². The minimum absolute atomic E-state index is 0.0612. The minimum Gasteiger partial charge on any atom is -0.422 e. The van der Waals surface area contributed by atoms with E-state index in [1.165, 1.54) is 16.9 Å². The first-order chi connectivity index (χ1) is 18.0. The third kappa shape index (κ3) is 6.49. The van der Waals surface area contributed by atoms with Crippen LogP contribution in [0, 0.1) is 0 Å².